The van der Waals surface area contributed by atoms with Gasteiger partial charge in [0.15, 0.2) is 0 Å². The number of nitrogens with zero attached hydrogens (tertiary/aromatic N) is 1. The second-order valence-corrected chi connectivity index (χ2v) is 7.16. The maximum Gasteiger partial charge on any atom is 0.146 e. The van der Waals surface area contributed by atoms with Gasteiger partial charge >= 0.3 is 0 Å². The minimum atomic E-state index is 0.741. The number of ether oxygens (including phenoxy) is 2. The van der Waals surface area contributed by atoms with Gasteiger partial charge in [0, 0.05) is 26.4 Å². The van der Waals surface area contributed by atoms with E-state index in [-0.39, 0.29) is 0 Å². The van der Waals surface area contributed by atoms with Crippen LogP contribution >= 0.6 is 31.9 Å². The molecule has 0 radical (unpaired) electrons. The molecule has 0 atom stereocenters. The van der Waals surface area contributed by atoms with E-state index < -0.39 is 0 Å². The van der Waals surface area contributed by atoms with Gasteiger partial charge in [-0.25, -0.2) is 0 Å². The first-order chi connectivity index (χ1) is 12.1. The summed E-state index contributed by atoms with van der Waals surface area (Å²) >= 11 is 7.00. The van der Waals surface area contributed by atoms with Gasteiger partial charge in [-0.2, -0.15) is 0 Å². The van der Waals surface area contributed by atoms with Crippen molar-refractivity contribution in [2.45, 2.75) is 0 Å². The molecule has 0 saturated carbocycles. The van der Waals surface area contributed by atoms with Crippen molar-refractivity contribution < 1.29 is 9.47 Å². The SMILES string of the molecule is COc1ccc(N(c2ccc(Br)cc2)c2ccc(Br)cc2)c(OC)c1. The summed E-state index contributed by atoms with van der Waals surface area (Å²) in [4.78, 5) is 2.15. The molecular formula is C20H17Br2NO2. The van der Waals surface area contributed by atoms with Crippen LogP contribution in [0.15, 0.2) is 75.7 Å². The predicted molar refractivity (Wildman–Crippen MR) is 110 cm³/mol. The van der Waals surface area contributed by atoms with Crippen LogP contribution in [-0.2, 0) is 0 Å². The molecular weight excluding hydrogens is 446 g/mol. The van der Waals surface area contributed by atoms with E-state index in [4.69, 9.17) is 9.47 Å². The Morgan fingerprint density at radius 3 is 1.64 bits per heavy atom. The lowest BCUT2D eigenvalue weighted by atomic mass is 10.1. The molecule has 0 heterocycles. The number of hydrogen-bond acceptors (Lipinski definition) is 3. The minimum absolute atomic E-state index is 0.741. The zero-order valence-corrected chi connectivity index (χ0v) is 17.0. The van der Waals surface area contributed by atoms with Gasteiger partial charge in [0.25, 0.3) is 0 Å². The van der Waals surface area contributed by atoms with Gasteiger partial charge in [-0.3, -0.25) is 0 Å². The number of rotatable bonds is 5. The molecule has 25 heavy (non-hydrogen) atoms. The first kappa shape index (κ1) is 17.8. The Morgan fingerprint density at radius 1 is 0.680 bits per heavy atom. The highest BCUT2D eigenvalue weighted by molar-refractivity contribution is 9.10. The van der Waals surface area contributed by atoms with Crippen molar-refractivity contribution >= 4 is 48.9 Å². The van der Waals surface area contributed by atoms with Crippen LogP contribution in [0, 0.1) is 0 Å². The zero-order valence-electron chi connectivity index (χ0n) is 13.9. The van der Waals surface area contributed by atoms with Gasteiger partial charge in [-0.1, -0.05) is 31.9 Å². The second-order valence-electron chi connectivity index (χ2n) is 5.33. The monoisotopic (exact) mass is 461 g/mol. The summed E-state index contributed by atoms with van der Waals surface area (Å²) in [6.07, 6.45) is 0. The standard InChI is InChI=1S/C20H17Br2NO2/c1-24-18-11-12-19(20(13-18)25-2)23(16-7-3-14(21)4-8-16)17-9-5-15(22)6-10-17/h3-13H,1-2H3. The summed E-state index contributed by atoms with van der Waals surface area (Å²) in [5, 5.41) is 0. The van der Waals surface area contributed by atoms with Crippen molar-refractivity contribution in [1.82, 2.24) is 0 Å². The zero-order chi connectivity index (χ0) is 17.8. The van der Waals surface area contributed by atoms with Crippen molar-refractivity contribution in [3.05, 3.63) is 75.7 Å². The van der Waals surface area contributed by atoms with Crippen LogP contribution in [0.25, 0.3) is 0 Å². The minimum Gasteiger partial charge on any atom is -0.497 e. The average molecular weight is 463 g/mol. The normalized spacial score (nSPS) is 10.4. The van der Waals surface area contributed by atoms with Gasteiger partial charge in [0.1, 0.15) is 11.5 Å². The molecule has 3 nitrogen and oxygen atoms in total. The Labute approximate surface area is 164 Å². The van der Waals surface area contributed by atoms with Crippen LogP contribution in [-0.4, -0.2) is 14.2 Å². The molecule has 0 spiro atoms. The predicted octanol–water partition coefficient (Wildman–Crippen LogP) is 6.70. The van der Waals surface area contributed by atoms with Crippen molar-refractivity contribution in [3.8, 4) is 11.5 Å². The average Bonchev–Trinajstić information content (AvgIpc) is 2.65. The molecule has 128 valence electrons. The molecule has 0 unspecified atom stereocenters. The van der Waals surface area contributed by atoms with Crippen molar-refractivity contribution in [2.24, 2.45) is 0 Å². The fourth-order valence-electron chi connectivity index (χ4n) is 2.58. The van der Waals surface area contributed by atoms with Crippen LogP contribution in [0.2, 0.25) is 0 Å². The van der Waals surface area contributed by atoms with Gasteiger partial charge < -0.3 is 14.4 Å². The number of hydrogen-bond donors (Lipinski definition) is 0. The molecule has 0 aliphatic rings. The third-order valence-electron chi connectivity index (χ3n) is 3.80. The van der Waals surface area contributed by atoms with Crippen molar-refractivity contribution in [3.63, 3.8) is 0 Å². The molecule has 0 fully saturated rings. The Hall–Kier alpha value is -1.98. The van der Waals surface area contributed by atoms with E-state index in [2.05, 4.69) is 61.0 Å². The fraction of sp³-hybridized carbons (Fsp3) is 0.100. The third-order valence-corrected chi connectivity index (χ3v) is 4.85. The van der Waals surface area contributed by atoms with Gasteiger partial charge in [-0.15, -0.1) is 0 Å². The highest BCUT2D eigenvalue weighted by atomic mass is 79.9. The van der Waals surface area contributed by atoms with Gasteiger partial charge in [0.05, 0.1) is 19.9 Å². The summed E-state index contributed by atoms with van der Waals surface area (Å²) in [7, 11) is 3.31. The lowest BCUT2D eigenvalue weighted by Crippen LogP contribution is -2.11. The second kappa shape index (κ2) is 7.93. The van der Waals surface area contributed by atoms with E-state index in [1.165, 1.54) is 0 Å². The molecule has 0 N–H and O–H groups in total. The van der Waals surface area contributed by atoms with E-state index in [1.807, 2.05) is 42.5 Å². The van der Waals surface area contributed by atoms with Crippen molar-refractivity contribution in [1.29, 1.82) is 0 Å². The third kappa shape index (κ3) is 3.99. The molecule has 0 amide bonds. The maximum atomic E-state index is 5.62. The van der Waals surface area contributed by atoms with Crippen LogP contribution < -0.4 is 14.4 Å². The number of methoxy groups -OCH3 is 2. The van der Waals surface area contributed by atoms with Crippen LogP contribution in [0.5, 0.6) is 11.5 Å². The van der Waals surface area contributed by atoms with E-state index in [0.717, 1.165) is 37.5 Å². The highest BCUT2D eigenvalue weighted by Gasteiger charge is 2.17. The maximum absolute atomic E-state index is 5.62. The number of benzene rings is 3. The molecule has 3 rings (SSSR count). The van der Waals surface area contributed by atoms with Gasteiger partial charge in [0.2, 0.25) is 0 Å². The summed E-state index contributed by atoms with van der Waals surface area (Å²) in [5.41, 5.74) is 3.01. The Kier molecular flexibility index (Phi) is 5.66. The van der Waals surface area contributed by atoms with E-state index >= 15 is 0 Å². The Bertz CT molecular complexity index is 803. The molecule has 5 heteroatoms. The molecule has 0 aliphatic carbocycles. The smallest absolute Gasteiger partial charge is 0.146 e. The summed E-state index contributed by atoms with van der Waals surface area (Å²) < 4.78 is 13.0. The van der Waals surface area contributed by atoms with E-state index in [1.54, 1.807) is 14.2 Å². The molecule has 3 aromatic rings. The van der Waals surface area contributed by atoms with Crippen LogP contribution in [0.3, 0.4) is 0 Å². The Morgan fingerprint density at radius 2 is 1.20 bits per heavy atom. The molecule has 0 aliphatic heterocycles. The molecule has 3 aromatic carbocycles. The summed E-state index contributed by atoms with van der Waals surface area (Å²) in [6, 6.07) is 22.2. The topological polar surface area (TPSA) is 21.7 Å². The van der Waals surface area contributed by atoms with Crippen LogP contribution in [0.4, 0.5) is 17.1 Å². The quantitative estimate of drug-likeness (QED) is 0.421. The van der Waals surface area contributed by atoms with E-state index in [9.17, 15) is 0 Å². The van der Waals surface area contributed by atoms with Crippen molar-refractivity contribution in [2.75, 3.05) is 19.1 Å². The van der Waals surface area contributed by atoms with E-state index in [0.29, 0.717) is 0 Å². The van der Waals surface area contributed by atoms with Gasteiger partial charge in [-0.05, 0) is 60.7 Å². The number of halogens is 2. The first-order valence-corrected chi connectivity index (χ1v) is 9.24. The number of anilines is 3. The first-order valence-electron chi connectivity index (χ1n) is 7.65. The fourth-order valence-corrected chi connectivity index (χ4v) is 3.11. The Balaban J connectivity index is 2.17. The summed E-state index contributed by atoms with van der Waals surface area (Å²) in [6.45, 7) is 0. The molecule has 0 aromatic heterocycles. The lowest BCUT2D eigenvalue weighted by molar-refractivity contribution is 0.395. The van der Waals surface area contributed by atoms with Crippen LogP contribution in [0.1, 0.15) is 0 Å². The molecule has 0 bridgehead atoms. The summed E-state index contributed by atoms with van der Waals surface area (Å²) in [5.74, 6) is 1.50. The highest BCUT2D eigenvalue weighted by Crippen LogP contribution is 2.42. The largest absolute Gasteiger partial charge is 0.497 e. The molecule has 0 saturated heterocycles. The lowest BCUT2D eigenvalue weighted by Gasteiger charge is -2.27.